The van der Waals surface area contributed by atoms with E-state index in [9.17, 15) is 9.59 Å². The number of ketones is 1. The Hall–Kier alpha value is -0.900. The van der Waals surface area contributed by atoms with Crippen LogP contribution in [0.2, 0.25) is 0 Å². The van der Waals surface area contributed by atoms with E-state index in [1.54, 1.807) is 20.9 Å². The zero-order chi connectivity index (χ0) is 12.2. The third-order valence-corrected chi connectivity index (χ3v) is 2.85. The third kappa shape index (κ3) is 3.63. The molecule has 0 spiro atoms. The second-order valence-corrected chi connectivity index (χ2v) is 4.25. The van der Waals surface area contributed by atoms with Gasteiger partial charge in [-0.15, -0.1) is 0 Å². The summed E-state index contributed by atoms with van der Waals surface area (Å²) in [5.41, 5.74) is 0. The Bertz CT molecular complexity index is 239. The summed E-state index contributed by atoms with van der Waals surface area (Å²) in [7, 11) is 3.50. The van der Waals surface area contributed by atoms with Crippen LogP contribution in [-0.4, -0.2) is 42.8 Å². The molecule has 1 N–H and O–H groups in total. The topological polar surface area (TPSA) is 49.4 Å². The van der Waals surface area contributed by atoms with Crippen LogP contribution in [0, 0.1) is 5.92 Å². The van der Waals surface area contributed by atoms with Crippen molar-refractivity contribution in [3.05, 3.63) is 0 Å². The minimum Gasteiger partial charge on any atom is -0.335 e. The molecule has 1 amide bonds. The van der Waals surface area contributed by atoms with Crippen LogP contribution >= 0.6 is 0 Å². The predicted octanol–water partition coefficient (Wildman–Crippen LogP) is 0.666. The standard InChI is InChI=1S/C11H22N2O2/c1-7(2)10(14)11(15)13(6)9(4)8(3)12-5/h7-9,12H,1-6H3. The van der Waals surface area contributed by atoms with Crippen molar-refractivity contribution in [2.45, 2.75) is 39.8 Å². The molecule has 15 heavy (non-hydrogen) atoms. The van der Waals surface area contributed by atoms with Crippen LogP contribution in [0.3, 0.4) is 0 Å². The van der Waals surface area contributed by atoms with Crippen LogP contribution in [0.15, 0.2) is 0 Å². The van der Waals surface area contributed by atoms with Gasteiger partial charge in [-0.1, -0.05) is 13.8 Å². The van der Waals surface area contributed by atoms with Crippen LogP contribution in [0.5, 0.6) is 0 Å². The smallest absolute Gasteiger partial charge is 0.290 e. The highest BCUT2D eigenvalue weighted by Gasteiger charge is 2.26. The van der Waals surface area contributed by atoms with Crippen molar-refractivity contribution < 1.29 is 9.59 Å². The molecule has 0 bridgehead atoms. The van der Waals surface area contributed by atoms with Gasteiger partial charge in [0.1, 0.15) is 0 Å². The van der Waals surface area contributed by atoms with E-state index in [1.807, 2.05) is 20.9 Å². The lowest BCUT2D eigenvalue weighted by Gasteiger charge is -2.29. The van der Waals surface area contributed by atoms with Crippen molar-refractivity contribution in [2.75, 3.05) is 14.1 Å². The largest absolute Gasteiger partial charge is 0.335 e. The van der Waals surface area contributed by atoms with E-state index in [-0.39, 0.29) is 23.8 Å². The van der Waals surface area contributed by atoms with Crippen LogP contribution < -0.4 is 5.32 Å². The summed E-state index contributed by atoms with van der Waals surface area (Å²) in [6, 6.07) is 0.170. The average molecular weight is 214 g/mol. The maximum absolute atomic E-state index is 11.7. The van der Waals surface area contributed by atoms with Crippen molar-refractivity contribution in [3.8, 4) is 0 Å². The molecule has 4 heteroatoms. The van der Waals surface area contributed by atoms with E-state index in [0.29, 0.717) is 0 Å². The van der Waals surface area contributed by atoms with E-state index in [0.717, 1.165) is 0 Å². The summed E-state index contributed by atoms with van der Waals surface area (Å²) in [4.78, 5) is 24.7. The lowest BCUT2D eigenvalue weighted by atomic mass is 10.1. The number of Topliss-reactive ketones (excluding diaryl/α,β-unsaturated/α-hetero) is 1. The molecular formula is C11H22N2O2. The van der Waals surface area contributed by atoms with Crippen molar-refractivity contribution >= 4 is 11.7 Å². The van der Waals surface area contributed by atoms with Crippen molar-refractivity contribution in [1.82, 2.24) is 10.2 Å². The van der Waals surface area contributed by atoms with Crippen molar-refractivity contribution in [3.63, 3.8) is 0 Å². The van der Waals surface area contributed by atoms with Gasteiger partial charge in [0, 0.05) is 25.0 Å². The highest BCUT2D eigenvalue weighted by Crippen LogP contribution is 2.05. The molecule has 0 saturated heterocycles. The maximum atomic E-state index is 11.7. The SMILES string of the molecule is CNC(C)C(C)N(C)C(=O)C(=O)C(C)C. The molecule has 0 fully saturated rings. The number of amides is 1. The van der Waals surface area contributed by atoms with E-state index >= 15 is 0 Å². The van der Waals surface area contributed by atoms with Gasteiger partial charge in [-0.25, -0.2) is 0 Å². The number of nitrogens with one attached hydrogen (secondary N) is 1. The third-order valence-electron chi connectivity index (χ3n) is 2.85. The number of likely N-dealkylation sites (N-methyl/N-ethyl adjacent to an activating group) is 2. The van der Waals surface area contributed by atoms with Gasteiger partial charge in [-0.2, -0.15) is 0 Å². The first-order valence-electron chi connectivity index (χ1n) is 5.31. The molecule has 0 aliphatic carbocycles. The molecule has 2 unspecified atom stereocenters. The van der Waals surface area contributed by atoms with Gasteiger partial charge in [-0.3, -0.25) is 9.59 Å². The van der Waals surface area contributed by atoms with Gasteiger partial charge in [0.2, 0.25) is 5.78 Å². The molecule has 4 nitrogen and oxygen atoms in total. The molecule has 0 aromatic heterocycles. The van der Waals surface area contributed by atoms with Crippen LogP contribution in [0.4, 0.5) is 0 Å². The van der Waals surface area contributed by atoms with Gasteiger partial charge >= 0.3 is 0 Å². The first-order chi connectivity index (χ1) is 6.82. The Balaban J connectivity index is 4.51. The zero-order valence-electron chi connectivity index (χ0n) is 10.5. The van der Waals surface area contributed by atoms with Crippen LogP contribution in [-0.2, 0) is 9.59 Å². The Morgan fingerprint density at radius 3 is 1.93 bits per heavy atom. The zero-order valence-corrected chi connectivity index (χ0v) is 10.5. The summed E-state index contributed by atoms with van der Waals surface area (Å²) < 4.78 is 0. The second kappa shape index (κ2) is 5.85. The van der Waals surface area contributed by atoms with Crippen molar-refractivity contribution in [1.29, 1.82) is 0 Å². The summed E-state index contributed by atoms with van der Waals surface area (Å²) in [6.45, 7) is 7.38. The number of nitrogens with zero attached hydrogens (tertiary/aromatic N) is 1. The quantitative estimate of drug-likeness (QED) is 0.684. The van der Waals surface area contributed by atoms with Crippen LogP contribution in [0.25, 0.3) is 0 Å². The normalized spacial score (nSPS) is 14.9. The van der Waals surface area contributed by atoms with Gasteiger partial charge in [0.25, 0.3) is 5.91 Å². The second-order valence-electron chi connectivity index (χ2n) is 4.25. The monoisotopic (exact) mass is 214 g/mol. The molecule has 0 aliphatic rings. The number of carbonyl (C=O) groups is 2. The molecule has 0 saturated carbocycles. The molecular weight excluding hydrogens is 192 g/mol. The fourth-order valence-electron chi connectivity index (χ4n) is 1.18. The number of rotatable bonds is 5. The summed E-state index contributed by atoms with van der Waals surface area (Å²) in [6.07, 6.45) is 0. The maximum Gasteiger partial charge on any atom is 0.290 e. The van der Waals surface area contributed by atoms with E-state index in [1.165, 1.54) is 4.90 Å². The molecule has 88 valence electrons. The fourth-order valence-corrected chi connectivity index (χ4v) is 1.18. The highest BCUT2D eigenvalue weighted by molar-refractivity contribution is 6.36. The molecule has 0 heterocycles. The first-order valence-corrected chi connectivity index (χ1v) is 5.31. The predicted molar refractivity (Wildman–Crippen MR) is 60.6 cm³/mol. The lowest BCUT2D eigenvalue weighted by Crippen LogP contribution is -2.49. The van der Waals surface area contributed by atoms with E-state index < -0.39 is 5.91 Å². The molecule has 0 rings (SSSR count). The average Bonchev–Trinajstić information content (AvgIpc) is 2.23. The molecule has 0 radical (unpaired) electrons. The minimum atomic E-state index is -0.403. The van der Waals surface area contributed by atoms with Gasteiger partial charge in [0.15, 0.2) is 0 Å². The van der Waals surface area contributed by atoms with Gasteiger partial charge in [0.05, 0.1) is 0 Å². The first kappa shape index (κ1) is 14.1. The molecule has 0 aromatic carbocycles. The highest BCUT2D eigenvalue weighted by atomic mass is 16.2. The number of hydrogen-bond acceptors (Lipinski definition) is 3. The fraction of sp³-hybridized carbons (Fsp3) is 0.818. The van der Waals surface area contributed by atoms with Crippen LogP contribution in [0.1, 0.15) is 27.7 Å². The van der Waals surface area contributed by atoms with E-state index in [4.69, 9.17) is 0 Å². The number of hydrogen-bond donors (Lipinski definition) is 1. The number of carbonyl (C=O) groups excluding carboxylic acids is 2. The Morgan fingerprint density at radius 2 is 1.60 bits per heavy atom. The van der Waals surface area contributed by atoms with Crippen molar-refractivity contribution in [2.24, 2.45) is 5.92 Å². The minimum absolute atomic E-state index is 0.00481. The Morgan fingerprint density at radius 1 is 1.13 bits per heavy atom. The summed E-state index contributed by atoms with van der Waals surface area (Å²) >= 11 is 0. The molecule has 0 aromatic rings. The van der Waals surface area contributed by atoms with E-state index in [2.05, 4.69) is 5.32 Å². The van der Waals surface area contributed by atoms with Gasteiger partial charge < -0.3 is 10.2 Å². The van der Waals surface area contributed by atoms with Gasteiger partial charge in [-0.05, 0) is 20.9 Å². The Kier molecular flexibility index (Phi) is 5.50. The Labute approximate surface area is 92.0 Å². The summed E-state index contributed by atoms with van der Waals surface area (Å²) in [5, 5.41) is 3.06. The summed E-state index contributed by atoms with van der Waals surface area (Å²) in [5.74, 6) is -0.968. The molecule has 2 atom stereocenters. The molecule has 0 aliphatic heterocycles. The lowest BCUT2D eigenvalue weighted by molar-refractivity contribution is -0.146.